The van der Waals surface area contributed by atoms with E-state index in [1.165, 1.54) is 5.56 Å². The van der Waals surface area contributed by atoms with E-state index in [4.69, 9.17) is 4.74 Å². The molecule has 1 N–H and O–H groups in total. The topological polar surface area (TPSA) is 85.2 Å². The van der Waals surface area contributed by atoms with Crippen molar-refractivity contribution in [3.8, 4) is 16.9 Å². The molecule has 5 aromatic carbocycles. The van der Waals surface area contributed by atoms with Crippen LogP contribution in [0, 0.1) is 0 Å². The zero-order chi connectivity index (χ0) is 34.3. The van der Waals surface area contributed by atoms with E-state index in [9.17, 15) is 4.79 Å². The summed E-state index contributed by atoms with van der Waals surface area (Å²) in [6, 6.07) is 46.7. The van der Waals surface area contributed by atoms with Crippen LogP contribution in [0.3, 0.4) is 0 Å². The number of carbonyl (C=O) groups excluding carboxylic acids is 1. The third kappa shape index (κ3) is 5.37. The molecule has 0 aliphatic carbocycles. The Morgan fingerprint density at radius 2 is 1.36 bits per heavy atom. The van der Waals surface area contributed by atoms with Crippen molar-refractivity contribution in [3.63, 3.8) is 0 Å². The van der Waals surface area contributed by atoms with Gasteiger partial charge in [-0.05, 0) is 58.2 Å². The van der Waals surface area contributed by atoms with Gasteiger partial charge in [-0.3, -0.25) is 10.1 Å². The zero-order valence-corrected chi connectivity index (χ0v) is 29.0. The number of thioether (sulfide) groups is 1. The van der Waals surface area contributed by atoms with Crippen LogP contribution < -0.4 is 10.1 Å². The van der Waals surface area contributed by atoms with Crippen LogP contribution in [0.15, 0.2) is 140 Å². The molecule has 2 saturated heterocycles. The SMILES string of the molecule is COc1ccccc1C(NC1C(=O)N2C(c3nnnn3Cc3ccc(-c4ccccc4)cc3)C(C)(C)S[C@H]12)(c1ccccc1)c1ccccc1. The molecule has 1 aromatic heterocycles. The molecule has 8 rings (SSSR count). The molecular weight excluding hydrogens is 641 g/mol. The van der Waals surface area contributed by atoms with Gasteiger partial charge in [-0.1, -0.05) is 133 Å². The van der Waals surface area contributed by atoms with Crippen LogP contribution in [-0.4, -0.2) is 54.3 Å². The van der Waals surface area contributed by atoms with Gasteiger partial charge in [-0.2, -0.15) is 0 Å². The molecule has 0 spiro atoms. The Morgan fingerprint density at radius 1 is 0.780 bits per heavy atom. The molecule has 6 aromatic rings. The number of methoxy groups -OCH3 is 1. The third-order valence-corrected chi connectivity index (χ3v) is 11.5. The van der Waals surface area contributed by atoms with Crippen molar-refractivity contribution in [3.05, 3.63) is 168 Å². The molecule has 2 unspecified atom stereocenters. The summed E-state index contributed by atoms with van der Waals surface area (Å²) in [7, 11) is 1.69. The predicted molar refractivity (Wildman–Crippen MR) is 197 cm³/mol. The molecule has 3 atom stereocenters. The van der Waals surface area contributed by atoms with Crippen LogP contribution in [0.5, 0.6) is 5.75 Å². The van der Waals surface area contributed by atoms with E-state index >= 15 is 0 Å². The second-order valence-corrected chi connectivity index (χ2v) is 15.1. The fourth-order valence-electron chi connectivity index (χ4n) is 7.58. The number of tetrazole rings is 1. The standard InChI is InChI=1S/C41H38N6O2S/c1-40(2)36(37-43-44-45-46(37)27-28-23-25-30(26-24-28)29-15-7-4-8-16-29)47-38(48)35(39(47)50-40)42-41(31-17-9-5-10-18-31,32-19-11-6-12-20-32)33-21-13-14-22-34(33)49-3/h4-26,35-36,39,42H,27H2,1-3H3/t35?,36?,39-/m1/s1. The van der Waals surface area contributed by atoms with Gasteiger partial charge in [-0.15, -0.1) is 16.9 Å². The minimum absolute atomic E-state index is 0.0194. The van der Waals surface area contributed by atoms with E-state index in [1.54, 1.807) is 18.9 Å². The van der Waals surface area contributed by atoms with E-state index in [0.29, 0.717) is 12.4 Å². The maximum absolute atomic E-state index is 14.5. The molecule has 9 heteroatoms. The number of rotatable bonds is 10. The Morgan fingerprint density at radius 3 is 2.00 bits per heavy atom. The monoisotopic (exact) mass is 678 g/mol. The second kappa shape index (κ2) is 12.9. The molecule has 3 heterocycles. The molecule has 50 heavy (non-hydrogen) atoms. The predicted octanol–water partition coefficient (Wildman–Crippen LogP) is 7.08. The van der Waals surface area contributed by atoms with Gasteiger partial charge in [0.25, 0.3) is 0 Å². The van der Waals surface area contributed by atoms with Crippen LogP contribution in [0.25, 0.3) is 11.1 Å². The van der Waals surface area contributed by atoms with Crippen LogP contribution in [-0.2, 0) is 16.9 Å². The molecule has 1 amide bonds. The lowest BCUT2D eigenvalue weighted by atomic mass is 9.75. The first kappa shape index (κ1) is 32.0. The smallest absolute Gasteiger partial charge is 0.244 e. The summed E-state index contributed by atoms with van der Waals surface area (Å²) in [6.45, 7) is 4.86. The maximum atomic E-state index is 14.5. The molecule has 8 nitrogen and oxygen atoms in total. The minimum Gasteiger partial charge on any atom is -0.496 e. The Hall–Kier alpha value is -5.25. The first-order valence-electron chi connectivity index (χ1n) is 16.8. The fourth-order valence-corrected chi connectivity index (χ4v) is 9.21. The fraction of sp³-hybridized carbons (Fsp3) is 0.220. The molecule has 2 fully saturated rings. The minimum atomic E-state index is -0.877. The quantitative estimate of drug-likeness (QED) is 0.122. The number of hydrogen-bond acceptors (Lipinski definition) is 7. The molecule has 2 aliphatic heterocycles. The van der Waals surface area contributed by atoms with Gasteiger partial charge in [0, 0.05) is 10.3 Å². The van der Waals surface area contributed by atoms with Crippen LogP contribution >= 0.6 is 11.8 Å². The van der Waals surface area contributed by atoms with Crippen LogP contribution in [0.2, 0.25) is 0 Å². The van der Waals surface area contributed by atoms with Crippen molar-refractivity contribution in [1.29, 1.82) is 0 Å². The highest BCUT2D eigenvalue weighted by atomic mass is 32.2. The van der Waals surface area contributed by atoms with E-state index in [-0.39, 0.29) is 22.1 Å². The molecular formula is C41H38N6O2S. The summed E-state index contributed by atoms with van der Waals surface area (Å²) in [4.78, 5) is 16.5. The number of aromatic nitrogens is 4. The van der Waals surface area contributed by atoms with Crippen molar-refractivity contribution in [2.45, 2.75) is 48.1 Å². The van der Waals surface area contributed by atoms with Crippen molar-refractivity contribution in [1.82, 2.24) is 30.4 Å². The number of nitrogens with zero attached hydrogens (tertiary/aromatic N) is 5. The van der Waals surface area contributed by atoms with Gasteiger partial charge in [0.05, 0.1) is 19.2 Å². The summed E-state index contributed by atoms with van der Waals surface area (Å²) in [5, 5.41) is 16.8. The number of amides is 1. The van der Waals surface area contributed by atoms with E-state index in [1.807, 2.05) is 82.4 Å². The second-order valence-electron chi connectivity index (χ2n) is 13.3. The van der Waals surface area contributed by atoms with E-state index in [0.717, 1.165) is 33.6 Å². The highest BCUT2D eigenvalue weighted by Gasteiger charge is 2.64. The van der Waals surface area contributed by atoms with Crippen molar-refractivity contribution in [2.75, 3.05) is 7.11 Å². The number of nitrogens with one attached hydrogen (secondary N) is 1. The number of hydrogen-bond donors (Lipinski definition) is 1. The number of β-lactam (4-membered cyclic amide) rings is 1. The first-order chi connectivity index (χ1) is 24.4. The molecule has 250 valence electrons. The Balaban J connectivity index is 1.13. The van der Waals surface area contributed by atoms with Gasteiger partial charge in [0.1, 0.15) is 23.2 Å². The largest absolute Gasteiger partial charge is 0.496 e. The van der Waals surface area contributed by atoms with Crippen molar-refractivity contribution < 1.29 is 9.53 Å². The average Bonchev–Trinajstić information content (AvgIpc) is 3.72. The summed E-state index contributed by atoms with van der Waals surface area (Å²) in [6.07, 6.45) is 0. The Labute approximate surface area is 296 Å². The lowest BCUT2D eigenvalue weighted by Gasteiger charge is -2.49. The van der Waals surface area contributed by atoms with Crippen LogP contribution in [0.1, 0.15) is 48.0 Å². The Kier molecular flexibility index (Phi) is 8.25. The highest BCUT2D eigenvalue weighted by Crippen LogP contribution is 2.58. The number of ether oxygens (including phenoxy) is 1. The van der Waals surface area contributed by atoms with Gasteiger partial charge in [-0.25, -0.2) is 4.68 Å². The molecule has 0 radical (unpaired) electrons. The number of carbonyl (C=O) groups is 1. The third-order valence-electron chi connectivity index (χ3n) is 9.94. The van der Waals surface area contributed by atoms with Gasteiger partial charge in [0.15, 0.2) is 5.82 Å². The zero-order valence-electron chi connectivity index (χ0n) is 28.2. The van der Waals surface area contributed by atoms with E-state index < -0.39 is 11.6 Å². The van der Waals surface area contributed by atoms with Gasteiger partial charge in [0.2, 0.25) is 5.91 Å². The summed E-state index contributed by atoms with van der Waals surface area (Å²) >= 11 is 1.79. The highest BCUT2D eigenvalue weighted by molar-refractivity contribution is 8.01. The Bertz CT molecular complexity index is 2060. The summed E-state index contributed by atoms with van der Waals surface area (Å²) in [5.74, 6) is 1.45. The lowest BCUT2D eigenvalue weighted by Crippen LogP contribution is -2.70. The van der Waals surface area contributed by atoms with Crippen LogP contribution in [0.4, 0.5) is 0 Å². The molecule has 2 aliphatic rings. The average molecular weight is 679 g/mol. The van der Waals surface area contributed by atoms with Crippen molar-refractivity contribution >= 4 is 17.7 Å². The number of benzene rings is 5. The summed E-state index contributed by atoms with van der Waals surface area (Å²) < 4.78 is 7.45. The van der Waals surface area contributed by atoms with Crippen molar-refractivity contribution in [2.24, 2.45) is 0 Å². The van der Waals surface area contributed by atoms with Gasteiger partial charge < -0.3 is 9.64 Å². The first-order valence-corrected chi connectivity index (χ1v) is 17.7. The molecule has 0 bridgehead atoms. The normalized spacial score (nSPS) is 19.5. The van der Waals surface area contributed by atoms with Gasteiger partial charge >= 0.3 is 0 Å². The number of para-hydroxylation sites is 1. The van der Waals surface area contributed by atoms with E-state index in [2.05, 4.69) is 101 Å². The number of fused-ring (bicyclic) bond motifs is 1. The molecule has 0 saturated carbocycles. The maximum Gasteiger partial charge on any atom is 0.244 e. The summed E-state index contributed by atoms with van der Waals surface area (Å²) in [5.41, 5.74) is 5.50. The lowest BCUT2D eigenvalue weighted by molar-refractivity contribution is -0.150.